The Kier molecular flexibility index (Phi) is 2.81. The van der Waals surface area contributed by atoms with Gasteiger partial charge in [-0.1, -0.05) is 0 Å². The smallest absolute Gasteiger partial charge is 0.309 e. The third-order valence-corrected chi connectivity index (χ3v) is 2.95. The van der Waals surface area contributed by atoms with Gasteiger partial charge in [0.15, 0.2) is 0 Å². The summed E-state index contributed by atoms with van der Waals surface area (Å²) in [6.45, 7) is 0. The van der Waals surface area contributed by atoms with Crippen LogP contribution in [0.4, 0.5) is 4.39 Å². The zero-order chi connectivity index (χ0) is 11.7. The van der Waals surface area contributed by atoms with Crippen LogP contribution in [0.3, 0.4) is 0 Å². The maximum atomic E-state index is 13.6. The molecule has 1 aliphatic rings. The predicted molar refractivity (Wildman–Crippen MR) is 55.9 cm³/mol. The van der Waals surface area contributed by atoms with Crippen molar-refractivity contribution < 1.29 is 18.7 Å². The molecule has 0 aliphatic heterocycles. The summed E-state index contributed by atoms with van der Waals surface area (Å²) < 4.78 is 23.3. The fourth-order valence-corrected chi connectivity index (χ4v) is 2.11. The van der Waals surface area contributed by atoms with Crippen molar-refractivity contribution in [2.24, 2.45) is 5.92 Å². The van der Waals surface area contributed by atoms with E-state index in [9.17, 15) is 9.18 Å². The molecule has 0 spiro atoms. The average Bonchev–Trinajstić information content (AvgIpc) is 2.72. The molecule has 16 heavy (non-hydrogen) atoms. The maximum absolute atomic E-state index is 13.6. The normalized spacial score (nSPS) is 18.1. The summed E-state index contributed by atoms with van der Waals surface area (Å²) in [7, 11) is 2.84. The molecule has 86 valence electrons. The fourth-order valence-electron chi connectivity index (χ4n) is 2.11. The van der Waals surface area contributed by atoms with Crippen molar-refractivity contribution in [1.82, 2.24) is 0 Å². The van der Waals surface area contributed by atoms with Crippen molar-refractivity contribution in [3.05, 3.63) is 29.1 Å². The van der Waals surface area contributed by atoms with E-state index in [1.54, 1.807) is 6.07 Å². The molecule has 2 rings (SSSR count). The molecule has 0 bridgehead atoms. The van der Waals surface area contributed by atoms with E-state index in [-0.39, 0.29) is 17.7 Å². The van der Waals surface area contributed by atoms with Crippen molar-refractivity contribution >= 4 is 5.97 Å². The van der Waals surface area contributed by atoms with E-state index in [2.05, 4.69) is 4.74 Å². The molecule has 1 aliphatic carbocycles. The first-order valence-electron chi connectivity index (χ1n) is 5.08. The molecule has 1 aromatic rings. The van der Waals surface area contributed by atoms with E-state index in [0.29, 0.717) is 24.2 Å². The molecule has 0 N–H and O–H groups in total. The molecule has 0 aromatic heterocycles. The highest BCUT2D eigenvalue weighted by Gasteiger charge is 2.30. The van der Waals surface area contributed by atoms with Gasteiger partial charge in [-0.15, -0.1) is 0 Å². The molecule has 1 aromatic carbocycles. The zero-order valence-corrected chi connectivity index (χ0v) is 9.25. The van der Waals surface area contributed by atoms with E-state index in [1.807, 2.05) is 0 Å². The van der Waals surface area contributed by atoms with Crippen LogP contribution in [-0.2, 0) is 22.4 Å². The lowest BCUT2D eigenvalue weighted by Crippen LogP contribution is -2.16. The summed E-state index contributed by atoms with van der Waals surface area (Å²) in [4.78, 5) is 11.4. The van der Waals surface area contributed by atoms with E-state index < -0.39 is 0 Å². The van der Waals surface area contributed by atoms with Gasteiger partial charge < -0.3 is 9.47 Å². The van der Waals surface area contributed by atoms with Crippen LogP contribution in [0, 0.1) is 11.7 Å². The lowest BCUT2D eigenvalue weighted by atomic mass is 10.1. The minimum atomic E-state index is -0.305. The summed E-state index contributed by atoms with van der Waals surface area (Å²) in [6.07, 6.45) is 0.938. The Labute approximate surface area is 93.2 Å². The number of hydrogen-bond donors (Lipinski definition) is 0. The van der Waals surface area contributed by atoms with Crippen LogP contribution in [0.25, 0.3) is 0 Å². The van der Waals surface area contributed by atoms with Crippen LogP contribution in [0.1, 0.15) is 11.1 Å². The summed E-state index contributed by atoms with van der Waals surface area (Å²) in [5.41, 5.74) is 1.45. The Morgan fingerprint density at radius 3 is 2.75 bits per heavy atom. The molecule has 0 amide bonds. The maximum Gasteiger partial charge on any atom is 0.309 e. The molecular weight excluding hydrogens is 211 g/mol. The molecule has 0 fully saturated rings. The third-order valence-electron chi connectivity index (χ3n) is 2.95. The number of carbonyl (C=O) groups excluding carboxylic acids is 1. The SMILES string of the molecule is COC(=O)C1Cc2cc(OC)cc(F)c2C1. The van der Waals surface area contributed by atoms with Crippen molar-refractivity contribution in [3.8, 4) is 5.75 Å². The van der Waals surface area contributed by atoms with Crippen LogP contribution in [0.2, 0.25) is 0 Å². The van der Waals surface area contributed by atoms with Crippen molar-refractivity contribution in [1.29, 1.82) is 0 Å². The van der Waals surface area contributed by atoms with Gasteiger partial charge in [-0.05, 0) is 30.0 Å². The molecule has 1 unspecified atom stereocenters. The van der Waals surface area contributed by atoms with Crippen LogP contribution in [-0.4, -0.2) is 20.2 Å². The number of hydrogen-bond acceptors (Lipinski definition) is 3. The number of carbonyl (C=O) groups is 1. The van der Waals surface area contributed by atoms with Gasteiger partial charge in [-0.25, -0.2) is 4.39 Å². The molecule has 4 heteroatoms. The summed E-state index contributed by atoms with van der Waals surface area (Å²) in [5.74, 6) is -0.362. The van der Waals surface area contributed by atoms with Crippen molar-refractivity contribution in [2.45, 2.75) is 12.8 Å². The topological polar surface area (TPSA) is 35.5 Å². The number of esters is 1. The minimum Gasteiger partial charge on any atom is -0.497 e. The largest absolute Gasteiger partial charge is 0.497 e. The van der Waals surface area contributed by atoms with Crippen molar-refractivity contribution in [3.63, 3.8) is 0 Å². The average molecular weight is 224 g/mol. The Morgan fingerprint density at radius 2 is 2.12 bits per heavy atom. The number of benzene rings is 1. The van der Waals surface area contributed by atoms with Crippen molar-refractivity contribution in [2.75, 3.05) is 14.2 Å². The van der Waals surface area contributed by atoms with E-state index >= 15 is 0 Å². The van der Waals surface area contributed by atoms with E-state index in [0.717, 1.165) is 5.56 Å². The summed E-state index contributed by atoms with van der Waals surface area (Å²) in [5, 5.41) is 0. The van der Waals surface area contributed by atoms with Gasteiger partial charge in [0.1, 0.15) is 11.6 Å². The Balaban J connectivity index is 2.30. The molecule has 0 radical (unpaired) electrons. The summed E-state index contributed by atoms with van der Waals surface area (Å²) >= 11 is 0. The van der Waals surface area contributed by atoms with Crippen LogP contribution >= 0.6 is 0 Å². The second kappa shape index (κ2) is 4.12. The van der Waals surface area contributed by atoms with Gasteiger partial charge in [0.25, 0.3) is 0 Å². The highest BCUT2D eigenvalue weighted by Crippen LogP contribution is 2.32. The Bertz CT molecular complexity index is 429. The van der Waals surface area contributed by atoms with Gasteiger partial charge in [0.05, 0.1) is 20.1 Å². The second-order valence-corrected chi connectivity index (χ2v) is 3.88. The predicted octanol–water partition coefficient (Wildman–Crippen LogP) is 1.72. The summed E-state index contributed by atoms with van der Waals surface area (Å²) in [6, 6.07) is 3.12. The second-order valence-electron chi connectivity index (χ2n) is 3.88. The number of ether oxygens (including phenoxy) is 2. The number of fused-ring (bicyclic) bond motifs is 1. The number of rotatable bonds is 2. The molecule has 0 heterocycles. The Morgan fingerprint density at radius 1 is 1.38 bits per heavy atom. The van der Waals surface area contributed by atoms with Crippen LogP contribution in [0.5, 0.6) is 5.75 Å². The zero-order valence-electron chi connectivity index (χ0n) is 9.25. The fraction of sp³-hybridized carbons (Fsp3) is 0.417. The van der Waals surface area contributed by atoms with Gasteiger partial charge in [0, 0.05) is 6.07 Å². The van der Waals surface area contributed by atoms with Crippen LogP contribution in [0.15, 0.2) is 12.1 Å². The minimum absolute atomic E-state index is 0.262. The molecule has 1 atom stereocenters. The molecule has 3 nitrogen and oxygen atoms in total. The van der Waals surface area contributed by atoms with Gasteiger partial charge in [-0.2, -0.15) is 0 Å². The number of halogens is 1. The first-order valence-corrected chi connectivity index (χ1v) is 5.08. The van der Waals surface area contributed by atoms with Crippen LogP contribution < -0.4 is 4.74 Å². The first kappa shape index (κ1) is 10.9. The lowest BCUT2D eigenvalue weighted by Gasteiger charge is -2.04. The van der Waals surface area contributed by atoms with Gasteiger partial charge >= 0.3 is 5.97 Å². The van der Waals surface area contributed by atoms with Gasteiger partial charge in [-0.3, -0.25) is 4.79 Å². The molecular formula is C12H13FO3. The van der Waals surface area contributed by atoms with E-state index in [1.165, 1.54) is 20.3 Å². The Hall–Kier alpha value is -1.58. The first-order chi connectivity index (χ1) is 7.65. The highest BCUT2D eigenvalue weighted by atomic mass is 19.1. The standard InChI is InChI=1S/C12H13FO3/c1-15-9-4-7-3-8(12(14)16-2)5-10(7)11(13)6-9/h4,6,8H,3,5H2,1-2H3. The lowest BCUT2D eigenvalue weighted by molar-refractivity contribution is -0.145. The third kappa shape index (κ3) is 1.75. The highest BCUT2D eigenvalue weighted by molar-refractivity contribution is 5.74. The molecule has 0 saturated heterocycles. The number of methoxy groups -OCH3 is 2. The van der Waals surface area contributed by atoms with Gasteiger partial charge in [0.2, 0.25) is 0 Å². The van der Waals surface area contributed by atoms with E-state index in [4.69, 9.17) is 4.74 Å². The molecule has 0 saturated carbocycles. The quantitative estimate of drug-likeness (QED) is 0.717. The monoisotopic (exact) mass is 224 g/mol.